The molecular weight excluding hydrogens is 283 g/mol. The third-order valence-corrected chi connectivity index (χ3v) is 3.40. The molecule has 0 spiro atoms. The predicted octanol–water partition coefficient (Wildman–Crippen LogP) is 2.38. The average molecular weight is 301 g/mol. The zero-order chi connectivity index (χ0) is 15.5. The molecule has 0 aliphatic rings. The summed E-state index contributed by atoms with van der Waals surface area (Å²) in [6, 6.07) is 1.96. The molecule has 116 valence electrons. The highest BCUT2D eigenvalue weighted by molar-refractivity contribution is 4.94. The van der Waals surface area contributed by atoms with Crippen molar-refractivity contribution in [3.05, 3.63) is 36.7 Å². The second-order valence-corrected chi connectivity index (χ2v) is 4.98. The van der Waals surface area contributed by atoms with Gasteiger partial charge in [-0.1, -0.05) is 0 Å². The lowest BCUT2D eigenvalue weighted by Gasteiger charge is -2.22. The minimum absolute atomic E-state index is 0.0425. The van der Waals surface area contributed by atoms with Crippen molar-refractivity contribution in [2.45, 2.75) is 45.2 Å². The van der Waals surface area contributed by atoms with E-state index >= 15 is 0 Å². The molecule has 0 saturated heterocycles. The largest absolute Gasteiger partial charge is 0.406 e. The van der Waals surface area contributed by atoms with E-state index in [2.05, 4.69) is 15.4 Å². The molecule has 0 aliphatic heterocycles. The molecule has 0 aromatic carbocycles. The first kappa shape index (κ1) is 15.6. The van der Waals surface area contributed by atoms with Crippen LogP contribution >= 0.6 is 0 Å². The summed E-state index contributed by atoms with van der Waals surface area (Å²) in [5, 5.41) is 7.34. The van der Waals surface area contributed by atoms with Crippen LogP contribution in [0.15, 0.2) is 30.9 Å². The fraction of sp³-hybridized carbons (Fsp3) is 0.538. The molecule has 21 heavy (non-hydrogen) atoms. The highest BCUT2D eigenvalue weighted by atomic mass is 19.4. The number of nitrogens with zero attached hydrogens (tertiary/aromatic N) is 4. The monoisotopic (exact) mass is 301 g/mol. The van der Waals surface area contributed by atoms with E-state index in [1.165, 1.54) is 12.4 Å². The maximum Gasteiger partial charge on any atom is 0.406 e. The van der Waals surface area contributed by atoms with Crippen LogP contribution in [-0.2, 0) is 13.1 Å². The van der Waals surface area contributed by atoms with Crippen molar-refractivity contribution in [2.75, 3.05) is 0 Å². The van der Waals surface area contributed by atoms with E-state index in [-0.39, 0.29) is 18.6 Å². The van der Waals surface area contributed by atoms with Gasteiger partial charge in [-0.05, 0) is 19.9 Å². The summed E-state index contributed by atoms with van der Waals surface area (Å²) in [7, 11) is 0. The Bertz CT molecular complexity index is 546. The Kier molecular flexibility index (Phi) is 4.66. The highest BCUT2D eigenvalue weighted by Crippen LogP contribution is 2.18. The Morgan fingerprint density at radius 3 is 2.62 bits per heavy atom. The van der Waals surface area contributed by atoms with Crippen LogP contribution in [0.3, 0.4) is 0 Å². The smallest absolute Gasteiger partial charge is 0.325 e. The molecule has 0 aliphatic carbocycles. The maximum absolute atomic E-state index is 12.4. The molecule has 0 fully saturated rings. The fourth-order valence-corrected chi connectivity index (χ4v) is 2.02. The van der Waals surface area contributed by atoms with Crippen LogP contribution in [0.25, 0.3) is 0 Å². The minimum atomic E-state index is -4.25. The van der Waals surface area contributed by atoms with Gasteiger partial charge < -0.3 is 9.88 Å². The van der Waals surface area contributed by atoms with Crippen molar-refractivity contribution in [1.29, 1.82) is 0 Å². The predicted molar refractivity (Wildman–Crippen MR) is 71.5 cm³/mol. The van der Waals surface area contributed by atoms with Gasteiger partial charge in [0.25, 0.3) is 0 Å². The first-order chi connectivity index (χ1) is 9.87. The van der Waals surface area contributed by atoms with Crippen LogP contribution < -0.4 is 5.32 Å². The van der Waals surface area contributed by atoms with Gasteiger partial charge in [0.1, 0.15) is 12.4 Å². The molecule has 5 nitrogen and oxygen atoms in total. The number of rotatable bonds is 6. The maximum atomic E-state index is 12.4. The van der Waals surface area contributed by atoms with Gasteiger partial charge in [0, 0.05) is 30.8 Å². The van der Waals surface area contributed by atoms with Crippen molar-refractivity contribution in [3.63, 3.8) is 0 Å². The lowest BCUT2D eigenvalue weighted by atomic mass is 10.2. The summed E-state index contributed by atoms with van der Waals surface area (Å²) in [5.74, 6) is 0.367. The molecule has 0 radical (unpaired) electrons. The van der Waals surface area contributed by atoms with Gasteiger partial charge in [-0.15, -0.1) is 0 Å². The van der Waals surface area contributed by atoms with Gasteiger partial charge in [0.15, 0.2) is 0 Å². The Morgan fingerprint density at radius 2 is 2.00 bits per heavy atom. The van der Waals surface area contributed by atoms with Crippen LogP contribution in [0.2, 0.25) is 0 Å². The second-order valence-electron chi connectivity index (χ2n) is 4.98. The molecule has 0 amide bonds. The molecule has 2 heterocycles. The van der Waals surface area contributed by atoms with Gasteiger partial charge in [0.2, 0.25) is 0 Å². The fourth-order valence-electron chi connectivity index (χ4n) is 2.02. The minimum Gasteiger partial charge on any atom is -0.325 e. The van der Waals surface area contributed by atoms with Crippen molar-refractivity contribution in [2.24, 2.45) is 0 Å². The summed E-state index contributed by atoms with van der Waals surface area (Å²) in [5.41, 5.74) is 0. The number of imidazole rings is 1. The van der Waals surface area contributed by atoms with Gasteiger partial charge in [-0.2, -0.15) is 18.3 Å². The summed E-state index contributed by atoms with van der Waals surface area (Å²) in [6.45, 7) is 3.21. The highest BCUT2D eigenvalue weighted by Gasteiger charge is 2.28. The van der Waals surface area contributed by atoms with E-state index in [0.29, 0.717) is 5.82 Å². The lowest BCUT2D eigenvalue weighted by molar-refractivity contribution is -0.141. The van der Waals surface area contributed by atoms with E-state index in [9.17, 15) is 13.2 Å². The number of hydrogen-bond donors (Lipinski definition) is 1. The van der Waals surface area contributed by atoms with Crippen molar-refractivity contribution >= 4 is 0 Å². The van der Waals surface area contributed by atoms with Crippen LogP contribution in [-0.4, -0.2) is 31.5 Å². The third kappa shape index (κ3) is 4.32. The Labute approximate surface area is 120 Å². The van der Waals surface area contributed by atoms with Crippen molar-refractivity contribution < 1.29 is 13.2 Å². The first-order valence-electron chi connectivity index (χ1n) is 6.66. The van der Waals surface area contributed by atoms with Crippen LogP contribution in [0.4, 0.5) is 13.2 Å². The zero-order valence-corrected chi connectivity index (χ0v) is 11.9. The third-order valence-electron chi connectivity index (χ3n) is 3.40. The van der Waals surface area contributed by atoms with E-state index < -0.39 is 12.7 Å². The van der Waals surface area contributed by atoms with Gasteiger partial charge in [0.05, 0.1) is 12.6 Å². The molecule has 2 atom stereocenters. The lowest BCUT2D eigenvalue weighted by Crippen LogP contribution is -2.34. The molecule has 2 aromatic rings. The molecule has 2 aromatic heterocycles. The van der Waals surface area contributed by atoms with E-state index in [4.69, 9.17) is 0 Å². The second kappa shape index (κ2) is 6.30. The van der Waals surface area contributed by atoms with Crippen molar-refractivity contribution in [1.82, 2.24) is 24.6 Å². The van der Waals surface area contributed by atoms with E-state index in [0.717, 1.165) is 4.57 Å². The SMILES string of the molecule is CC(NCc1nccn1CC(F)(F)F)C(C)n1cccn1. The van der Waals surface area contributed by atoms with Crippen LogP contribution in [0.1, 0.15) is 25.7 Å². The van der Waals surface area contributed by atoms with E-state index in [1.807, 2.05) is 26.1 Å². The number of nitrogens with one attached hydrogen (secondary N) is 1. The molecule has 8 heteroatoms. The number of aromatic nitrogens is 4. The zero-order valence-electron chi connectivity index (χ0n) is 11.9. The summed E-state index contributed by atoms with van der Waals surface area (Å²) >= 11 is 0. The number of alkyl halides is 3. The molecule has 2 rings (SSSR count). The van der Waals surface area contributed by atoms with Crippen LogP contribution in [0, 0.1) is 0 Å². The standard InChI is InChI=1S/C13H18F3N5/c1-10(11(2)21-6-3-4-19-21)18-8-12-17-5-7-20(12)9-13(14,15)16/h3-7,10-11,18H,8-9H2,1-2H3. The Hall–Kier alpha value is -1.83. The average Bonchev–Trinajstić information content (AvgIpc) is 3.04. The van der Waals surface area contributed by atoms with Crippen LogP contribution in [0.5, 0.6) is 0 Å². The topological polar surface area (TPSA) is 47.7 Å². The van der Waals surface area contributed by atoms with Gasteiger partial charge in [-0.25, -0.2) is 4.98 Å². The van der Waals surface area contributed by atoms with E-state index in [1.54, 1.807) is 10.9 Å². The summed E-state index contributed by atoms with van der Waals surface area (Å²) in [6.07, 6.45) is 2.02. The number of halogens is 3. The first-order valence-corrected chi connectivity index (χ1v) is 6.66. The Balaban J connectivity index is 1.93. The number of hydrogen-bond acceptors (Lipinski definition) is 3. The van der Waals surface area contributed by atoms with Gasteiger partial charge in [-0.3, -0.25) is 4.68 Å². The van der Waals surface area contributed by atoms with Gasteiger partial charge >= 0.3 is 6.18 Å². The molecule has 0 bridgehead atoms. The molecule has 2 unspecified atom stereocenters. The molecular formula is C13H18F3N5. The Morgan fingerprint density at radius 1 is 1.24 bits per heavy atom. The quantitative estimate of drug-likeness (QED) is 0.891. The molecule has 1 N–H and O–H groups in total. The molecule has 0 saturated carbocycles. The summed E-state index contributed by atoms with van der Waals surface area (Å²) in [4.78, 5) is 3.97. The van der Waals surface area contributed by atoms with Crippen molar-refractivity contribution in [3.8, 4) is 0 Å². The normalized spacial score (nSPS) is 15.1. The summed E-state index contributed by atoms with van der Waals surface area (Å²) < 4.78 is 40.2.